The second kappa shape index (κ2) is 6.37. The average Bonchev–Trinajstić information content (AvgIpc) is 2.88. The van der Waals surface area contributed by atoms with E-state index >= 15 is 0 Å². The van der Waals surface area contributed by atoms with Crippen molar-refractivity contribution in [2.45, 2.75) is 40.2 Å². The van der Waals surface area contributed by atoms with Gasteiger partial charge in [-0.2, -0.15) is 0 Å². The second-order valence-electron chi connectivity index (χ2n) is 7.30. The Bertz CT molecular complexity index is 553. The van der Waals surface area contributed by atoms with E-state index in [1.54, 1.807) is 6.92 Å². The van der Waals surface area contributed by atoms with Gasteiger partial charge in [0, 0.05) is 38.3 Å². The van der Waals surface area contributed by atoms with E-state index in [2.05, 4.69) is 25.7 Å². The maximum absolute atomic E-state index is 11.6. The Morgan fingerprint density at radius 3 is 2.64 bits per heavy atom. The van der Waals surface area contributed by atoms with Crippen LogP contribution in [0.15, 0.2) is 18.2 Å². The zero-order valence-corrected chi connectivity index (χ0v) is 14.7. The molecule has 1 atom stereocenters. The van der Waals surface area contributed by atoms with Gasteiger partial charge in [0.15, 0.2) is 0 Å². The summed E-state index contributed by atoms with van der Waals surface area (Å²) in [4.78, 5) is 15.9. The summed E-state index contributed by atoms with van der Waals surface area (Å²) in [6.45, 7) is 10.8. The Hall–Kier alpha value is -1.42. The van der Waals surface area contributed by atoms with Gasteiger partial charge in [-0.25, -0.2) is 0 Å². The minimum atomic E-state index is 0.147. The first-order valence-corrected chi connectivity index (χ1v) is 8.12. The largest absolute Gasteiger partial charge is 0.398 e. The molecule has 0 radical (unpaired) electrons. The molecule has 0 saturated carbocycles. The standard InChI is InChI=1S/C17H26ClN3O/c1-12(22)20-8-7-14(10-20)21(11-17(2,3)4)13-5-6-16(19)15(18)9-13/h5-6,9,14H,7-8,10-11,19H2,1-4H3. The molecule has 1 aromatic rings. The summed E-state index contributed by atoms with van der Waals surface area (Å²) >= 11 is 6.20. The number of nitrogens with zero attached hydrogens (tertiary/aromatic N) is 2. The molecule has 1 aromatic carbocycles. The fourth-order valence-corrected chi connectivity index (χ4v) is 3.09. The third kappa shape index (κ3) is 4.07. The number of nitrogen functional groups attached to an aromatic ring is 1. The molecule has 0 spiro atoms. The zero-order valence-electron chi connectivity index (χ0n) is 13.9. The van der Waals surface area contributed by atoms with Crippen LogP contribution in [0.4, 0.5) is 11.4 Å². The third-order valence-corrected chi connectivity index (χ3v) is 4.34. The molecular formula is C17H26ClN3O. The van der Waals surface area contributed by atoms with E-state index in [4.69, 9.17) is 17.3 Å². The molecule has 0 aliphatic carbocycles. The lowest BCUT2D eigenvalue weighted by Gasteiger charge is -2.36. The molecule has 4 nitrogen and oxygen atoms in total. The van der Waals surface area contributed by atoms with E-state index in [-0.39, 0.29) is 11.3 Å². The highest BCUT2D eigenvalue weighted by Gasteiger charge is 2.31. The minimum absolute atomic E-state index is 0.147. The summed E-state index contributed by atoms with van der Waals surface area (Å²) in [6, 6.07) is 6.12. The van der Waals surface area contributed by atoms with Crippen LogP contribution in [0.3, 0.4) is 0 Å². The predicted octanol–water partition coefficient (Wildman–Crippen LogP) is 3.40. The van der Waals surface area contributed by atoms with E-state index in [9.17, 15) is 4.79 Å². The van der Waals surface area contributed by atoms with Gasteiger partial charge in [0.25, 0.3) is 0 Å². The first-order valence-electron chi connectivity index (χ1n) is 7.74. The Morgan fingerprint density at radius 2 is 2.14 bits per heavy atom. The zero-order chi connectivity index (χ0) is 16.5. The Kier molecular flexibility index (Phi) is 4.90. The van der Waals surface area contributed by atoms with E-state index < -0.39 is 0 Å². The molecule has 0 bridgehead atoms. The third-order valence-electron chi connectivity index (χ3n) is 4.01. The maximum atomic E-state index is 11.6. The molecule has 2 N–H and O–H groups in total. The van der Waals surface area contributed by atoms with Crippen LogP contribution < -0.4 is 10.6 Å². The topological polar surface area (TPSA) is 49.6 Å². The molecule has 1 amide bonds. The molecule has 1 aliphatic rings. The van der Waals surface area contributed by atoms with Crippen molar-refractivity contribution in [1.82, 2.24) is 4.90 Å². The number of benzene rings is 1. The van der Waals surface area contributed by atoms with Gasteiger partial charge >= 0.3 is 0 Å². The van der Waals surface area contributed by atoms with Crippen LogP contribution in [0, 0.1) is 5.41 Å². The highest BCUT2D eigenvalue weighted by atomic mass is 35.5. The number of hydrogen-bond donors (Lipinski definition) is 1. The van der Waals surface area contributed by atoms with Crippen molar-refractivity contribution >= 4 is 28.9 Å². The van der Waals surface area contributed by atoms with Crippen molar-refractivity contribution in [2.75, 3.05) is 30.3 Å². The summed E-state index contributed by atoms with van der Waals surface area (Å²) in [5.74, 6) is 0.147. The fourth-order valence-electron chi connectivity index (χ4n) is 2.92. The molecule has 0 aromatic heterocycles. The highest BCUT2D eigenvalue weighted by Crippen LogP contribution is 2.31. The van der Waals surface area contributed by atoms with Crippen LogP contribution >= 0.6 is 11.6 Å². The van der Waals surface area contributed by atoms with Crippen LogP contribution in [0.25, 0.3) is 0 Å². The average molecular weight is 324 g/mol. The van der Waals surface area contributed by atoms with E-state index in [1.165, 1.54) is 0 Å². The van der Waals surface area contributed by atoms with E-state index in [0.29, 0.717) is 16.8 Å². The van der Waals surface area contributed by atoms with Gasteiger partial charge in [-0.1, -0.05) is 32.4 Å². The van der Waals surface area contributed by atoms with Crippen molar-refractivity contribution in [1.29, 1.82) is 0 Å². The van der Waals surface area contributed by atoms with Crippen LogP contribution in [0.1, 0.15) is 34.1 Å². The van der Waals surface area contributed by atoms with Crippen molar-refractivity contribution in [3.05, 3.63) is 23.2 Å². The molecule has 122 valence electrons. The maximum Gasteiger partial charge on any atom is 0.219 e. The lowest BCUT2D eigenvalue weighted by molar-refractivity contribution is -0.127. The molecule has 1 unspecified atom stereocenters. The SMILES string of the molecule is CC(=O)N1CCC(N(CC(C)(C)C)c2ccc(N)c(Cl)c2)C1. The quantitative estimate of drug-likeness (QED) is 0.867. The van der Waals surface area contributed by atoms with E-state index in [0.717, 1.165) is 31.7 Å². The number of amides is 1. The van der Waals surface area contributed by atoms with Gasteiger partial charge in [0.1, 0.15) is 0 Å². The lowest BCUT2D eigenvalue weighted by Crippen LogP contribution is -2.43. The lowest BCUT2D eigenvalue weighted by atomic mass is 9.94. The van der Waals surface area contributed by atoms with Crippen molar-refractivity contribution in [2.24, 2.45) is 5.41 Å². The Morgan fingerprint density at radius 1 is 1.45 bits per heavy atom. The van der Waals surface area contributed by atoms with Gasteiger partial charge in [-0.15, -0.1) is 0 Å². The highest BCUT2D eigenvalue weighted by molar-refractivity contribution is 6.33. The fraction of sp³-hybridized carbons (Fsp3) is 0.588. The van der Waals surface area contributed by atoms with Crippen molar-refractivity contribution in [3.8, 4) is 0 Å². The Balaban J connectivity index is 2.27. The number of hydrogen-bond acceptors (Lipinski definition) is 3. The first kappa shape index (κ1) is 16.9. The number of halogens is 1. The summed E-state index contributed by atoms with van der Waals surface area (Å²) in [7, 11) is 0. The second-order valence-corrected chi connectivity index (χ2v) is 7.71. The molecule has 1 fully saturated rings. The number of carbonyl (C=O) groups excluding carboxylic acids is 1. The first-order chi connectivity index (χ1) is 10.2. The normalized spacial score (nSPS) is 18.6. The molecule has 1 aliphatic heterocycles. The van der Waals surface area contributed by atoms with Gasteiger partial charge in [0.05, 0.1) is 10.7 Å². The number of nitrogens with two attached hydrogens (primary N) is 1. The summed E-state index contributed by atoms with van der Waals surface area (Å²) in [5.41, 5.74) is 7.65. The summed E-state index contributed by atoms with van der Waals surface area (Å²) < 4.78 is 0. The van der Waals surface area contributed by atoms with Gasteiger partial charge in [-0.3, -0.25) is 4.79 Å². The van der Waals surface area contributed by atoms with E-state index in [1.807, 2.05) is 23.1 Å². The molecular weight excluding hydrogens is 298 g/mol. The molecule has 22 heavy (non-hydrogen) atoms. The van der Waals surface area contributed by atoms with Crippen LogP contribution in [0.5, 0.6) is 0 Å². The predicted molar refractivity (Wildman–Crippen MR) is 93.3 cm³/mol. The number of rotatable bonds is 3. The van der Waals surface area contributed by atoms with Crippen LogP contribution in [0.2, 0.25) is 5.02 Å². The van der Waals surface area contributed by atoms with Crippen molar-refractivity contribution < 1.29 is 4.79 Å². The molecule has 2 rings (SSSR count). The molecule has 5 heteroatoms. The van der Waals surface area contributed by atoms with Crippen LogP contribution in [-0.4, -0.2) is 36.5 Å². The molecule has 1 saturated heterocycles. The number of carbonyl (C=O) groups is 1. The number of anilines is 2. The monoisotopic (exact) mass is 323 g/mol. The van der Waals surface area contributed by atoms with Gasteiger partial charge in [-0.05, 0) is 30.0 Å². The Labute approximate surface area is 138 Å². The number of likely N-dealkylation sites (tertiary alicyclic amines) is 1. The summed E-state index contributed by atoms with van der Waals surface area (Å²) in [6.07, 6.45) is 0.984. The smallest absolute Gasteiger partial charge is 0.219 e. The minimum Gasteiger partial charge on any atom is -0.398 e. The van der Waals surface area contributed by atoms with Gasteiger partial charge < -0.3 is 15.5 Å². The summed E-state index contributed by atoms with van der Waals surface area (Å²) in [5, 5.41) is 0.581. The van der Waals surface area contributed by atoms with Crippen molar-refractivity contribution in [3.63, 3.8) is 0 Å². The van der Waals surface area contributed by atoms with Crippen LogP contribution in [-0.2, 0) is 4.79 Å². The van der Waals surface area contributed by atoms with Gasteiger partial charge in [0.2, 0.25) is 5.91 Å². The molecule has 1 heterocycles.